The van der Waals surface area contributed by atoms with E-state index in [0.29, 0.717) is 16.7 Å². The molecule has 1 aliphatic heterocycles. The summed E-state index contributed by atoms with van der Waals surface area (Å²) in [5, 5.41) is 3.33. The SMILES string of the molecule is O=C(CCn1cnc2ccccc2c1=O)Nc1cc(N2CCCC2)ncn1. The molecule has 1 fully saturated rings. The number of nitrogens with one attached hydrogen (secondary N) is 1. The topological polar surface area (TPSA) is 93.0 Å². The maximum absolute atomic E-state index is 12.5. The summed E-state index contributed by atoms with van der Waals surface area (Å²) in [5.74, 6) is 1.09. The van der Waals surface area contributed by atoms with Gasteiger partial charge in [-0.05, 0) is 25.0 Å². The second-order valence-electron chi connectivity index (χ2n) is 6.51. The summed E-state index contributed by atoms with van der Waals surface area (Å²) in [6, 6.07) is 8.95. The molecule has 0 unspecified atom stereocenters. The predicted molar refractivity (Wildman–Crippen MR) is 103 cm³/mol. The Labute approximate surface area is 155 Å². The van der Waals surface area contributed by atoms with Gasteiger partial charge in [-0.1, -0.05) is 12.1 Å². The standard InChI is InChI=1S/C19H20N6O2/c26-18(23-16-11-17(21-12-20-16)24-8-3-4-9-24)7-10-25-13-22-15-6-2-1-5-14(15)19(25)27/h1-2,5-6,11-13H,3-4,7-10H2,(H,20,21,23,26). The Balaban J connectivity index is 1.41. The van der Waals surface area contributed by atoms with Crippen molar-refractivity contribution >= 4 is 28.4 Å². The number of benzene rings is 1. The molecule has 0 aliphatic carbocycles. The average Bonchev–Trinajstić information content (AvgIpc) is 3.23. The fourth-order valence-corrected chi connectivity index (χ4v) is 3.23. The molecule has 0 saturated carbocycles. The molecule has 138 valence electrons. The van der Waals surface area contributed by atoms with Crippen LogP contribution in [0.3, 0.4) is 0 Å². The van der Waals surface area contributed by atoms with Gasteiger partial charge in [0.15, 0.2) is 0 Å². The number of carbonyl (C=O) groups excluding carboxylic acids is 1. The average molecular weight is 364 g/mol. The molecule has 3 heterocycles. The molecule has 0 atom stereocenters. The molecule has 3 aromatic rings. The van der Waals surface area contributed by atoms with Crippen molar-refractivity contribution in [2.45, 2.75) is 25.8 Å². The van der Waals surface area contributed by atoms with Crippen LogP contribution < -0.4 is 15.8 Å². The number of para-hydroxylation sites is 1. The van der Waals surface area contributed by atoms with Gasteiger partial charge in [-0.3, -0.25) is 14.2 Å². The molecular weight excluding hydrogens is 344 g/mol. The van der Waals surface area contributed by atoms with Gasteiger partial charge < -0.3 is 10.2 Å². The lowest BCUT2D eigenvalue weighted by molar-refractivity contribution is -0.116. The Kier molecular flexibility index (Phi) is 4.78. The molecule has 2 aromatic heterocycles. The van der Waals surface area contributed by atoms with E-state index in [1.807, 2.05) is 6.07 Å². The van der Waals surface area contributed by atoms with Crippen molar-refractivity contribution in [3.63, 3.8) is 0 Å². The Morgan fingerprint density at radius 2 is 1.93 bits per heavy atom. The maximum atomic E-state index is 12.5. The quantitative estimate of drug-likeness (QED) is 0.742. The van der Waals surface area contributed by atoms with E-state index in [9.17, 15) is 9.59 Å². The van der Waals surface area contributed by atoms with Crippen molar-refractivity contribution in [3.05, 3.63) is 53.3 Å². The smallest absolute Gasteiger partial charge is 0.261 e. The molecule has 0 bridgehead atoms. The Morgan fingerprint density at radius 3 is 2.78 bits per heavy atom. The van der Waals surface area contributed by atoms with Crippen LogP contribution in [0.2, 0.25) is 0 Å². The summed E-state index contributed by atoms with van der Waals surface area (Å²) in [4.78, 5) is 39.6. The Hall–Kier alpha value is -3.29. The van der Waals surface area contributed by atoms with Crippen LogP contribution in [0.4, 0.5) is 11.6 Å². The number of aromatic nitrogens is 4. The normalized spacial score (nSPS) is 13.9. The van der Waals surface area contributed by atoms with Gasteiger partial charge in [-0.2, -0.15) is 0 Å². The lowest BCUT2D eigenvalue weighted by Gasteiger charge is -2.16. The van der Waals surface area contributed by atoms with Crippen LogP contribution in [0.15, 0.2) is 47.8 Å². The fraction of sp³-hybridized carbons (Fsp3) is 0.316. The van der Waals surface area contributed by atoms with Crippen molar-refractivity contribution in [3.8, 4) is 0 Å². The summed E-state index contributed by atoms with van der Waals surface area (Å²) in [6.07, 6.45) is 5.40. The van der Waals surface area contributed by atoms with Gasteiger partial charge in [0.25, 0.3) is 5.56 Å². The van der Waals surface area contributed by atoms with E-state index in [0.717, 1.165) is 31.7 Å². The molecule has 27 heavy (non-hydrogen) atoms. The Bertz CT molecular complexity index is 1030. The first-order valence-electron chi connectivity index (χ1n) is 9.02. The molecule has 0 radical (unpaired) electrons. The van der Waals surface area contributed by atoms with Crippen LogP contribution in [-0.4, -0.2) is 38.5 Å². The molecule has 1 aromatic carbocycles. The van der Waals surface area contributed by atoms with Crippen LogP contribution in [0.1, 0.15) is 19.3 Å². The highest BCUT2D eigenvalue weighted by Crippen LogP contribution is 2.19. The van der Waals surface area contributed by atoms with Crippen LogP contribution in [0.5, 0.6) is 0 Å². The zero-order valence-corrected chi connectivity index (χ0v) is 14.8. The minimum Gasteiger partial charge on any atom is -0.356 e. The third-order valence-electron chi connectivity index (χ3n) is 4.66. The molecule has 1 aliphatic rings. The van der Waals surface area contributed by atoms with Gasteiger partial charge in [0.1, 0.15) is 18.0 Å². The number of hydrogen-bond donors (Lipinski definition) is 1. The summed E-state index contributed by atoms with van der Waals surface area (Å²) >= 11 is 0. The number of amides is 1. The molecule has 1 saturated heterocycles. The first-order valence-corrected chi connectivity index (χ1v) is 9.02. The summed E-state index contributed by atoms with van der Waals surface area (Å²) in [5.41, 5.74) is 0.505. The lowest BCUT2D eigenvalue weighted by atomic mass is 10.2. The van der Waals surface area contributed by atoms with Gasteiger partial charge >= 0.3 is 0 Å². The lowest BCUT2D eigenvalue weighted by Crippen LogP contribution is -2.24. The first-order chi connectivity index (χ1) is 13.2. The van der Waals surface area contributed by atoms with Crippen LogP contribution in [0.25, 0.3) is 10.9 Å². The van der Waals surface area contributed by atoms with Crippen molar-refractivity contribution in [2.75, 3.05) is 23.3 Å². The van der Waals surface area contributed by atoms with Crippen LogP contribution in [-0.2, 0) is 11.3 Å². The second kappa shape index (κ2) is 7.53. The third kappa shape index (κ3) is 3.79. The van der Waals surface area contributed by atoms with Crippen molar-refractivity contribution in [1.29, 1.82) is 0 Å². The monoisotopic (exact) mass is 364 g/mol. The van der Waals surface area contributed by atoms with E-state index in [2.05, 4.69) is 25.2 Å². The van der Waals surface area contributed by atoms with Gasteiger partial charge in [0.2, 0.25) is 5.91 Å². The zero-order chi connectivity index (χ0) is 18.6. The van der Waals surface area contributed by atoms with E-state index in [1.54, 1.807) is 24.3 Å². The minimum absolute atomic E-state index is 0.147. The van der Waals surface area contributed by atoms with Crippen LogP contribution in [0, 0.1) is 0 Å². The van der Waals surface area contributed by atoms with E-state index < -0.39 is 0 Å². The largest absolute Gasteiger partial charge is 0.356 e. The van der Waals surface area contributed by atoms with E-state index in [-0.39, 0.29) is 24.4 Å². The molecular formula is C19H20N6O2. The van der Waals surface area contributed by atoms with Crippen molar-refractivity contribution in [1.82, 2.24) is 19.5 Å². The summed E-state index contributed by atoms with van der Waals surface area (Å²) in [7, 11) is 0. The first kappa shape index (κ1) is 17.1. The number of hydrogen-bond acceptors (Lipinski definition) is 6. The number of aryl methyl sites for hydroxylation is 1. The third-order valence-corrected chi connectivity index (χ3v) is 4.66. The van der Waals surface area contributed by atoms with Gasteiger partial charge in [0, 0.05) is 32.1 Å². The second-order valence-corrected chi connectivity index (χ2v) is 6.51. The number of anilines is 2. The highest BCUT2D eigenvalue weighted by Gasteiger charge is 2.14. The van der Waals surface area contributed by atoms with E-state index >= 15 is 0 Å². The Morgan fingerprint density at radius 1 is 1.11 bits per heavy atom. The molecule has 1 N–H and O–H groups in total. The number of carbonyl (C=O) groups is 1. The fourth-order valence-electron chi connectivity index (χ4n) is 3.23. The molecule has 8 nitrogen and oxygen atoms in total. The van der Waals surface area contributed by atoms with Crippen molar-refractivity contribution in [2.24, 2.45) is 0 Å². The number of rotatable bonds is 5. The highest BCUT2D eigenvalue weighted by molar-refractivity contribution is 5.90. The van der Waals surface area contributed by atoms with Gasteiger partial charge in [-0.25, -0.2) is 15.0 Å². The summed E-state index contributed by atoms with van der Waals surface area (Å²) in [6.45, 7) is 2.21. The predicted octanol–water partition coefficient (Wildman–Crippen LogP) is 1.82. The minimum atomic E-state index is -0.207. The number of nitrogens with zero attached hydrogens (tertiary/aromatic N) is 5. The zero-order valence-electron chi connectivity index (χ0n) is 14.8. The van der Waals surface area contributed by atoms with E-state index in [4.69, 9.17) is 0 Å². The highest BCUT2D eigenvalue weighted by atomic mass is 16.2. The van der Waals surface area contributed by atoms with E-state index in [1.165, 1.54) is 17.2 Å². The van der Waals surface area contributed by atoms with Gasteiger partial charge in [0.05, 0.1) is 17.2 Å². The van der Waals surface area contributed by atoms with Gasteiger partial charge in [-0.15, -0.1) is 0 Å². The molecule has 0 spiro atoms. The molecule has 8 heteroatoms. The van der Waals surface area contributed by atoms with Crippen LogP contribution >= 0.6 is 0 Å². The number of fused-ring (bicyclic) bond motifs is 1. The summed E-state index contributed by atoms with van der Waals surface area (Å²) < 4.78 is 1.46. The molecule has 4 rings (SSSR count). The molecule has 1 amide bonds. The van der Waals surface area contributed by atoms with Crippen molar-refractivity contribution < 1.29 is 4.79 Å². The maximum Gasteiger partial charge on any atom is 0.261 e.